The molecule has 0 bridgehead atoms. The van der Waals surface area contributed by atoms with E-state index < -0.39 is 23.0 Å². The fraction of sp³-hybridized carbons (Fsp3) is 0.474. The zero-order valence-corrected chi connectivity index (χ0v) is 15.1. The summed E-state index contributed by atoms with van der Waals surface area (Å²) < 4.78 is 10.5. The monoisotopic (exact) mass is 344 g/mol. The van der Waals surface area contributed by atoms with Gasteiger partial charge in [0.2, 0.25) is 5.54 Å². The van der Waals surface area contributed by atoms with Crippen molar-refractivity contribution in [2.24, 2.45) is 0 Å². The van der Waals surface area contributed by atoms with Crippen molar-refractivity contribution >= 4 is 22.8 Å². The number of hydrogen-bond donors (Lipinski definition) is 2. The third-order valence-electron chi connectivity index (χ3n) is 4.65. The average Bonchev–Trinajstić information content (AvgIpc) is 2.94. The maximum atomic E-state index is 12.8. The van der Waals surface area contributed by atoms with Crippen LogP contribution in [0.5, 0.6) is 0 Å². The molecular weight excluding hydrogens is 320 g/mol. The number of benzene rings is 1. The van der Waals surface area contributed by atoms with Crippen molar-refractivity contribution in [2.45, 2.75) is 45.2 Å². The van der Waals surface area contributed by atoms with Gasteiger partial charge in [-0.05, 0) is 39.3 Å². The van der Waals surface area contributed by atoms with Crippen molar-refractivity contribution in [1.82, 2.24) is 10.3 Å². The largest absolute Gasteiger partial charge is 0.464 e. The number of aromatic amines is 1. The molecular formula is C19H24N2O4. The third-order valence-corrected chi connectivity index (χ3v) is 4.65. The summed E-state index contributed by atoms with van der Waals surface area (Å²) in [6.45, 7) is 7.72. The fourth-order valence-electron chi connectivity index (χ4n) is 3.66. The number of hydrogen-bond acceptors (Lipinski definition) is 5. The third kappa shape index (κ3) is 2.70. The van der Waals surface area contributed by atoms with Gasteiger partial charge in [-0.3, -0.25) is 5.32 Å². The van der Waals surface area contributed by atoms with Crippen LogP contribution in [-0.2, 0) is 31.0 Å². The predicted molar refractivity (Wildman–Crippen MR) is 94.2 cm³/mol. The van der Waals surface area contributed by atoms with Crippen molar-refractivity contribution in [3.8, 4) is 0 Å². The molecule has 0 radical (unpaired) electrons. The molecule has 0 unspecified atom stereocenters. The SMILES string of the molecule is CCOC(=O)C1(C(=O)OCC)Cc2c([nH]c3ccccc23)C(C)(C)N1. The van der Waals surface area contributed by atoms with E-state index in [2.05, 4.69) is 10.3 Å². The van der Waals surface area contributed by atoms with E-state index in [0.717, 1.165) is 22.2 Å². The first-order valence-electron chi connectivity index (χ1n) is 8.59. The molecule has 2 heterocycles. The summed E-state index contributed by atoms with van der Waals surface area (Å²) in [6.07, 6.45) is 0.188. The Morgan fingerprint density at radius 3 is 2.28 bits per heavy atom. The maximum absolute atomic E-state index is 12.8. The Hall–Kier alpha value is -2.34. The number of aromatic nitrogens is 1. The van der Waals surface area contributed by atoms with E-state index in [9.17, 15) is 9.59 Å². The summed E-state index contributed by atoms with van der Waals surface area (Å²) in [4.78, 5) is 29.0. The number of H-pyrrole nitrogens is 1. The number of rotatable bonds is 4. The molecule has 6 nitrogen and oxygen atoms in total. The lowest BCUT2D eigenvalue weighted by atomic mass is 9.78. The minimum atomic E-state index is -1.55. The lowest BCUT2D eigenvalue weighted by molar-refractivity contribution is -0.168. The van der Waals surface area contributed by atoms with Gasteiger partial charge in [0.25, 0.3) is 0 Å². The van der Waals surface area contributed by atoms with Crippen LogP contribution in [0.1, 0.15) is 39.0 Å². The predicted octanol–water partition coefficient (Wildman–Crippen LogP) is 2.41. The van der Waals surface area contributed by atoms with Crippen LogP contribution in [-0.4, -0.2) is 35.7 Å². The first kappa shape index (κ1) is 17.5. The molecule has 134 valence electrons. The van der Waals surface area contributed by atoms with E-state index in [0.29, 0.717) is 0 Å². The molecule has 0 saturated carbocycles. The van der Waals surface area contributed by atoms with Crippen LogP contribution in [0.4, 0.5) is 0 Å². The molecule has 6 heteroatoms. The van der Waals surface area contributed by atoms with Crippen molar-refractivity contribution in [2.75, 3.05) is 13.2 Å². The minimum Gasteiger partial charge on any atom is -0.464 e. The van der Waals surface area contributed by atoms with Gasteiger partial charge in [-0.1, -0.05) is 18.2 Å². The summed E-state index contributed by atoms with van der Waals surface area (Å²) in [7, 11) is 0. The molecule has 0 fully saturated rings. The molecule has 1 aliphatic rings. The van der Waals surface area contributed by atoms with Gasteiger partial charge in [-0.15, -0.1) is 0 Å². The second-order valence-corrected chi connectivity index (χ2v) is 6.80. The van der Waals surface area contributed by atoms with Crippen molar-refractivity contribution in [3.63, 3.8) is 0 Å². The molecule has 1 aliphatic heterocycles. The minimum absolute atomic E-state index is 0.188. The normalized spacial score (nSPS) is 17.8. The van der Waals surface area contributed by atoms with Gasteiger partial charge in [-0.2, -0.15) is 0 Å². The second kappa shape index (κ2) is 6.19. The fourth-order valence-corrected chi connectivity index (χ4v) is 3.66. The average molecular weight is 344 g/mol. The Kier molecular flexibility index (Phi) is 4.33. The van der Waals surface area contributed by atoms with Gasteiger partial charge in [0, 0.05) is 23.0 Å². The van der Waals surface area contributed by atoms with Gasteiger partial charge < -0.3 is 14.5 Å². The van der Waals surface area contributed by atoms with E-state index >= 15 is 0 Å². The van der Waals surface area contributed by atoms with Gasteiger partial charge in [0.1, 0.15) is 0 Å². The number of fused-ring (bicyclic) bond motifs is 3. The first-order chi connectivity index (χ1) is 11.9. The molecule has 25 heavy (non-hydrogen) atoms. The number of para-hydroxylation sites is 1. The maximum Gasteiger partial charge on any atom is 0.338 e. The second-order valence-electron chi connectivity index (χ2n) is 6.80. The van der Waals surface area contributed by atoms with E-state index in [4.69, 9.17) is 9.47 Å². The van der Waals surface area contributed by atoms with Crippen LogP contribution in [0.2, 0.25) is 0 Å². The summed E-state index contributed by atoms with van der Waals surface area (Å²) in [6, 6.07) is 7.88. The van der Waals surface area contributed by atoms with Gasteiger partial charge in [0.05, 0.1) is 18.8 Å². The number of nitrogens with one attached hydrogen (secondary N) is 2. The molecule has 1 aromatic heterocycles. The number of esters is 2. The number of carbonyl (C=O) groups is 2. The highest BCUT2D eigenvalue weighted by atomic mass is 16.6. The highest BCUT2D eigenvalue weighted by Gasteiger charge is 2.56. The van der Waals surface area contributed by atoms with Crippen LogP contribution in [0.3, 0.4) is 0 Å². The van der Waals surface area contributed by atoms with Gasteiger partial charge in [0.15, 0.2) is 0 Å². The molecule has 3 rings (SSSR count). The summed E-state index contributed by atoms with van der Waals surface area (Å²) >= 11 is 0. The smallest absolute Gasteiger partial charge is 0.338 e. The summed E-state index contributed by atoms with van der Waals surface area (Å²) in [5, 5.41) is 4.22. The van der Waals surface area contributed by atoms with Crippen LogP contribution < -0.4 is 5.32 Å². The van der Waals surface area contributed by atoms with E-state index in [1.807, 2.05) is 38.1 Å². The highest BCUT2D eigenvalue weighted by molar-refractivity contribution is 6.06. The summed E-state index contributed by atoms with van der Waals surface area (Å²) in [5.41, 5.74) is 0.712. The van der Waals surface area contributed by atoms with Crippen LogP contribution >= 0.6 is 0 Å². The highest BCUT2D eigenvalue weighted by Crippen LogP contribution is 2.39. The first-order valence-corrected chi connectivity index (χ1v) is 8.59. The Balaban J connectivity index is 2.19. The molecule has 0 spiro atoms. The van der Waals surface area contributed by atoms with E-state index in [1.54, 1.807) is 13.8 Å². The molecule has 0 saturated heterocycles. The standard InChI is InChI=1S/C19H24N2O4/c1-5-24-16(22)19(17(23)25-6-2)11-13-12-9-7-8-10-14(12)20-15(13)18(3,4)21-19/h7-10,20-21H,5-6,11H2,1-4H3. The topological polar surface area (TPSA) is 80.4 Å². The van der Waals surface area contributed by atoms with E-state index in [1.165, 1.54) is 0 Å². The van der Waals surface area contributed by atoms with Gasteiger partial charge in [-0.25, -0.2) is 9.59 Å². The van der Waals surface area contributed by atoms with Gasteiger partial charge >= 0.3 is 11.9 Å². The van der Waals surface area contributed by atoms with Crippen molar-refractivity contribution in [3.05, 3.63) is 35.5 Å². The van der Waals surface area contributed by atoms with Crippen molar-refractivity contribution in [1.29, 1.82) is 0 Å². The Bertz CT molecular complexity index is 804. The Morgan fingerprint density at radius 2 is 1.68 bits per heavy atom. The van der Waals surface area contributed by atoms with Crippen LogP contribution in [0.15, 0.2) is 24.3 Å². The van der Waals surface area contributed by atoms with Crippen molar-refractivity contribution < 1.29 is 19.1 Å². The lowest BCUT2D eigenvalue weighted by Crippen LogP contribution is -2.68. The zero-order chi connectivity index (χ0) is 18.2. The molecule has 0 atom stereocenters. The van der Waals surface area contributed by atoms with Crippen LogP contribution in [0, 0.1) is 0 Å². The lowest BCUT2D eigenvalue weighted by Gasteiger charge is -2.42. The number of carbonyl (C=O) groups excluding carboxylic acids is 2. The Labute approximate surface area is 146 Å². The molecule has 0 amide bonds. The van der Waals surface area contributed by atoms with E-state index in [-0.39, 0.29) is 19.6 Å². The molecule has 0 aliphatic carbocycles. The molecule has 2 N–H and O–H groups in total. The molecule has 2 aromatic rings. The number of ether oxygens (including phenoxy) is 2. The Morgan fingerprint density at radius 1 is 1.08 bits per heavy atom. The molecule has 1 aromatic carbocycles. The van der Waals surface area contributed by atoms with Crippen LogP contribution in [0.25, 0.3) is 10.9 Å². The summed E-state index contributed by atoms with van der Waals surface area (Å²) in [5.74, 6) is -1.20. The zero-order valence-electron chi connectivity index (χ0n) is 15.1. The quantitative estimate of drug-likeness (QED) is 0.658.